The normalized spacial score (nSPS) is 28.5. The minimum absolute atomic E-state index is 0.115. The van der Waals surface area contributed by atoms with Gasteiger partial charge in [-0.1, -0.05) is 13.8 Å². The second kappa shape index (κ2) is 4.56. The highest BCUT2D eigenvalue weighted by molar-refractivity contribution is 6.04. The van der Waals surface area contributed by atoms with Crippen LogP contribution in [0.1, 0.15) is 52.4 Å². The van der Waals surface area contributed by atoms with E-state index in [0.29, 0.717) is 18.6 Å². The Labute approximate surface area is 97.9 Å². The number of ketones is 1. The Hall–Kier alpha value is -0.860. The number of hydrogen-bond donors (Lipinski definition) is 0. The predicted octanol–water partition coefficient (Wildman–Crippen LogP) is 2.61. The van der Waals surface area contributed by atoms with Gasteiger partial charge in [0.1, 0.15) is 5.78 Å². The molecule has 0 aromatic carbocycles. The quantitative estimate of drug-likeness (QED) is 0.683. The molecule has 0 atom stereocenters. The first-order valence-electron chi connectivity index (χ1n) is 6.38. The maximum atomic E-state index is 11.6. The van der Waals surface area contributed by atoms with E-state index in [4.69, 9.17) is 0 Å². The van der Waals surface area contributed by atoms with E-state index in [1.165, 1.54) is 19.3 Å². The molecule has 2 fully saturated rings. The van der Waals surface area contributed by atoms with Crippen LogP contribution in [0.4, 0.5) is 0 Å². The first kappa shape index (κ1) is 11.6. The minimum atomic E-state index is 0.115. The molecule has 2 rings (SSSR count). The van der Waals surface area contributed by atoms with E-state index >= 15 is 0 Å². The third-order valence-electron chi connectivity index (χ3n) is 3.37. The predicted molar refractivity (Wildman–Crippen MR) is 65.5 cm³/mol. The van der Waals surface area contributed by atoms with Crippen molar-refractivity contribution in [1.29, 1.82) is 0 Å². The molecule has 1 aliphatic heterocycles. The molecule has 3 heteroatoms. The molecule has 0 radical (unpaired) electrons. The van der Waals surface area contributed by atoms with Gasteiger partial charge in [0.2, 0.25) is 0 Å². The fraction of sp³-hybridized carbons (Fsp3) is 0.846. The summed E-state index contributed by atoms with van der Waals surface area (Å²) in [6, 6.07) is 0. The molecule has 0 spiro atoms. The van der Waals surface area contributed by atoms with Gasteiger partial charge in [-0.15, -0.1) is 0 Å². The lowest BCUT2D eigenvalue weighted by Gasteiger charge is -2.31. The largest absolute Gasteiger partial charge is 0.299 e. The third-order valence-corrected chi connectivity index (χ3v) is 3.37. The molecule has 2 aliphatic rings. The first-order chi connectivity index (χ1) is 7.55. The summed E-state index contributed by atoms with van der Waals surface area (Å²) in [5.74, 6) is 0.354. The Morgan fingerprint density at radius 2 is 1.81 bits per heavy atom. The highest BCUT2D eigenvalue weighted by atomic mass is 16.1. The van der Waals surface area contributed by atoms with Gasteiger partial charge in [-0.2, -0.15) is 5.10 Å². The Kier molecular flexibility index (Phi) is 3.31. The third kappa shape index (κ3) is 3.06. The lowest BCUT2D eigenvalue weighted by atomic mass is 9.76. The summed E-state index contributed by atoms with van der Waals surface area (Å²) in [5, 5.41) is 6.83. The molecular weight excluding hydrogens is 200 g/mol. The number of carbonyl (C=O) groups is 1. The van der Waals surface area contributed by atoms with Crippen LogP contribution >= 0.6 is 0 Å². The zero-order chi connectivity index (χ0) is 11.6. The van der Waals surface area contributed by atoms with E-state index in [1.807, 2.05) is 0 Å². The van der Waals surface area contributed by atoms with Crippen molar-refractivity contribution in [2.75, 3.05) is 13.1 Å². The zero-order valence-electron chi connectivity index (χ0n) is 10.5. The van der Waals surface area contributed by atoms with Crippen molar-refractivity contribution in [3.8, 4) is 0 Å². The fourth-order valence-electron chi connectivity index (χ4n) is 2.75. The van der Waals surface area contributed by atoms with E-state index in [2.05, 4.69) is 24.0 Å². The number of hydrazone groups is 1. The summed E-state index contributed by atoms with van der Waals surface area (Å²) in [4.78, 5) is 11.6. The average molecular weight is 222 g/mol. The van der Waals surface area contributed by atoms with Gasteiger partial charge >= 0.3 is 0 Å². The standard InChI is InChI=1S/C13H22N2O/c1-13(2)9-11(8-12(16)10-13)14-15-6-4-3-5-7-15/h3-10H2,1-2H3/b14-11-. The number of rotatable bonds is 1. The van der Waals surface area contributed by atoms with Crippen molar-refractivity contribution in [2.24, 2.45) is 10.5 Å². The van der Waals surface area contributed by atoms with E-state index in [-0.39, 0.29) is 5.41 Å². The zero-order valence-corrected chi connectivity index (χ0v) is 10.5. The van der Waals surface area contributed by atoms with Gasteiger partial charge in [0.25, 0.3) is 0 Å². The van der Waals surface area contributed by atoms with Crippen LogP contribution in [0.3, 0.4) is 0 Å². The highest BCUT2D eigenvalue weighted by Crippen LogP contribution is 2.32. The SMILES string of the molecule is CC1(C)CC(=O)C/C(=N/N2CCCCC2)C1. The molecule has 1 aliphatic carbocycles. The van der Waals surface area contributed by atoms with Crippen LogP contribution in [0.5, 0.6) is 0 Å². The Morgan fingerprint density at radius 3 is 2.44 bits per heavy atom. The van der Waals surface area contributed by atoms with Crippen LogP contribution in [-0.2, 0) is 4.79 Å². The molecule has 1 heterocycles. The van der Waals surface area contributed by atoms with Crippen molar-refractivity contribution in [2.45, 2.75) is 52.4 Å². The van der Waals surface area contributed by atoms with Crippen LogP contribution in [0.15, 0.2) is 5.10 Å². The smallest absolute Gasteiger partial charge is 0.139 e. The second-order valence-corrected chi connectivity index (χ2v) is 5.91. The van der Waals surface area contributed by atoms with Crippen LogP contribution in [0, 0.1) is 5.41 Å². The second-order valence-electron chi connectivity index (χ2n) is 5.91. The summed E-state index contributed by atoms with van der Waals surface area (Å²) in [7, 11) is 0. The number of hydrogen-bond acceptors (Lipinski definition) is 3. The molecule has 90 valence electrons. The van der Waals surface area contributed by atoms with Crippen molar-refractivity contribution >= 4 is 11.5 Å². The monoisotopic (exact) mass is 222 g/mol. The lowest BCUT2D eigenvalue weighted by molar-refractivity contribution is -0.120. The van der Waals surface area contributed by atoms with Crippen molar-refractivity contribution < 1.29 is 4.79 Å². The van der Waals surface area contributed by atoms with Gasteiger partial charge in [-0.05, 0) is 31.1 Å². The van der Waals surface area contributed by atoms with Crippen molar-refractivity contribution in [3.05, 3.63) is 0 Å². The molecule has 0 amide bonds. The molecule has 0 unspecified atom stereocenters. The number of nitrogens with zero attached hydrogens (tertiary/aromatic N) is 2. The van der Waals surface area contributed by atoms with Gasteiger partial charge in [0.15, 0.2) is 0 Å². The fourth-order valence-corrected chi connectivity index (χ4v) is 2.75. The van der Waals surface area contributed by atoms with Crippen molar-refractivity contribution in [3.63, 3.8) is 0 Å². The highest BCUT2D eigenvalue weighted by Gasteiger charge is 2.30. The van der Waals surface area contributed by atoms with Gasteiger partial charge in [0, 0.05) is 31.6 Å². The van der Waals surface area contributed by atoms with Gasteiger partial charge in [0.05, 0.1) is 0 Å². The van der Waals surface area contributed by atoms with Crippen molar-refractivity contribution in [1.82, 2.24) is 5.01 Å². The topological polar surface area (TPSA) is 32.7 Å². The molecule has 0 aromatic heterocycles. The summed E-state index contributed by atoms with van der Waals surface area (Å²) in [5.41, 5.74) is 1.22. The van der Waals surface area contributed by atoms with E-state index in [0.717, 1.165) is 25.2 Å². The maximum Gasteiger partial charge on any atom is 0.139 e. The molecule has 1 saturated carbocycles. The first-order valence-corrected chi connectivity index (χ1v) is 6.38. The molecule has 1 saturated heterocycles. The van der Waals surface area contributed by atoms with Gasteiger partial charge in [-0.25, -0.2) is 0 Å². The number of Topliss-reactive ketones (excluding diaryl/α,β-unsaturated/α-hetero) is 1. The van der Waals surface area contributed by atoms with Gasteiger partial charge < -0.3 is 0 Å². The molecule has 0 N–H and O–H groups in total. The van der Waals surface area contributed by atoms with E-state index in [9.17, 15) is 4.79 Å². The van der Waals surface area contributed by atoms with Gasteiger partial charge in [-0.3, -0.25) is 9.80 Å². The Morgan fingerprint density at radius 1 is 1.12 bits per heavy atom. The average Bonchev–Trinajstić information content (AvgIpc) is 2.15. The van der Waals surface area contributed by atoms with Crippen LogP contribution in [0.2, 0.25) is 0 Å². The van der Waals surface area contributed by atoms with Crippen LogP contribution < -0.4 is 0 Å². The molecule has 16 heavy (non-hydrogen) atoms. The maximum absolute atomic E-state index is 11.6. The van der Waals surface area contributed by atoms with E-state index < -0.39 is 0 Å². The summed E-state index contributed by atoms with van der Waals surface area (Å²) < 4.78 is 0. The summed E-state index contributed by atoms with van der Waals surface area (Å²) >= 11 is 0. The number of piperidine rings is 1. The Balaban J connectivity index is 2.02. The summed E-state index contributed by atoms with van der Waals surface area (Å²) in [6.45, 7) is 6.46. The molecule has 0 aromatic rings. The van der Waals surface area contributed by atoms with Crippen LogP contribution in [-0.4, -0.2) is 29.6 Å². The molecular formula is C13H22N2O. The van der Waals surface area contributed by atoms with E-state index in [1.54, 1.807) is 0 Å². The molecule has 0 bridgehead atoms. The lowest BCUT2D eigenvalue weighted by Crippen LogP contribution is -2.32. The summed E-state index contributed by atoms with van der Waals surface area (Å²) in [6.07, 6.45) is 6.09. The number of carbonyl (C=O) groups excluding carboxylic acids is 1. The molecule has 3 nitrogen and oxygen atoms in total. The van der Waals surface area contributed by atoms with Crippen LogP contribution in [0.25, 0.3) is 0 Å². The minimum Gasteiger partial charge on any atom is -0.299 e. The Bertz CT molecular complexity index is 301.